The van der Waals surface area contributed by atoms with Gasteiger partial charge in [-0.25, -0.2) is 0 Å². The van der Waals surface area contributed by atoms with E-state index in [0.29, 0.717) is 11.6 Å². The van der Waals surface area contributed by atoms with Crippen LogP contribution in [0.15, 0.2) is 24.3 Å². The molecule has 0 bridgehead atoms. The lowest BCUT2D eigenvalue weighted by atomic mass is 10.3. The second-order valence-corrected chi connectivity index (χ2v) is 4.13. The number of likely N-dealkylation sites (N-methyl/N-ethyl adjacent to an activating group) is 1. The summed E-state index contributed by atoms with van der Waals surface area (Å²) in [5.41, 5.74) is 0.754. The van der Waals surface area contributed by atoms with E-state index in [1.807, 2.05) is 12.1 Å². The zero-order valence-corrected chi connectivity index (χ0v) is 11.6. The van der Waals surface area contributed by atoms with Crippen molar-refractivity contribution in [2.24, 2.45) is 0 Å². The topological polar surface area (TPSA) is 33.5 Å². The fourth-order valence-electron chi connectivity index (χ4n) is 1.50. The Balaban J connectivity index is 0.00000256. The Bertz CT molecular complexity index is 354. The highest BCUT2D eigenvalue weighted by Crippen LogP contribution is 2.14. The van der Waals surface area contributed by atoms with Crippen molar-refractivity contribution in [1.29, 1.82) is 0 Å². The maximum Gasteiger partial charge on any atom is 0.279 e. The minimum absolute atomic E-state index is 0. The van der Waals surface area contributed by atoms with E-state index in [-0.39, 0.29) is 18.3 Å². The van der Waals surface area contributed by atoms with Gasteiger partial charge in [0.2, 0.25) is 0 Å². The maximum atomic E-state index is 11.7. The molecule has 0 aliphatic rings. The van der Waals surface area contributed by atoms with Gasteiger partial charge in [0.25, 0.3) is 5.91 Å². The van der Waals surface area contributed by atoms with Crippen LogP contribution in [0.1, 0.15) is 13.8 Å². The van der Waals surface area contributed by atoms with Gasteiger partial charge in [-0.3, -0.25) is 4.79 Å². The van der Waals surface area contributed by atoms with Crippen molar-refractivity contribution >= 4 is 23.2 Å². The van der Waals surface area contributed by atoms with Gasteiger partial charge in [-0.2, -0.15) is 0 Å². The largest absolute Gasteiger partial charge is 1.00 e. The normalized spacial score (nSPS) is 9.88. The van der Waals surface area contributed by atoms with Crippen molar-refractivity contribution in [3.05, 3.63) is 29.3 Å². The molecule has 0 aromatic heterocycles. The van der Waals surface area contributed by atoms with Crippen LogP contribution in [0, 0.1) is 0 Å². The van der Waals surface area contributed by atoms with Crippen molar-refractivity contribution in [2.75, 3.05) is 25.0 Å². The number of hydrogen-bond donors (Lipinski definition) is 2. The molecule has 0 atom stereocenters. The minimum Gasteiger partial charge on any atom is -1.00 e. The molecule has 1 aromatic carbocycles. The van der Waals surface area contributed by atoms with Crippen LogP contribution < -0.4 is 22.6 Å². The third-order valence-corrected chi connectivity index (χ3v) is 2.75. The Kier molecular flexibility index (Phi) is 7.96. The molecule has 0 aliphatic carbocycles. The summed E-state index contributed by atoms with van der Waals surface area (Å²) in [6, 6.07) is 7.19. The number of hydrogen-bond acceptors (Lipinski definition) is 1. The van der Waals surface area contributed by atoms with E-state index < -0.39 is 0 Å². The molecule has 0 spiro atoms. The van der Waals surface area contributed by atoms with Crippen LogP contribution in [0.3, 0.4) is 0 Å². The number of carbonyl (C=O) groups is 1. The van der Waals surface area contributed by atoms with Crippen LogP contribution in [0.4, 0.5) is 5.69 Å². The lowest BCUT2D eigenvalue weighted by Crippen LogP contribution is -3.12. The zero-order valence-electron chi connectivity index (χ0n) is 10.1. The number of anilines is 1. The van der Waals surface area contributed by atoms with Gasteiger partial charge in [-0.1, -0.05) is 17.7 Å². The molecular formula is C12H18Cl2N2O. The molecule has 1 rings (SSSR count). The Morgan fingerprint density at radius 1 is 1.35 bits per heavy atom. The Labute approximate surface area is 114 Å². The summed E-state index contributed by atoms with van der Waals surface area (Å²) < 4.78 is 0. The maximum absolute atomic E-state index is 11.7. The Hall–Kier alpha value is -0.770. The SMILES string of the molecule is CC[NH+](CC)CC(=O)Nc1cccc(Cl)c1.[Cl-]. The fraction of sp³-hybridized carbons (Fsp3) is 0.417. The molecule has 1 aromatic rings. The van der Waals surface area contributed by atoms with E-state index in [1.54, 1.807) is 12.1 Å². The minimum atomic E-state index is 0. The zero-order chi connectivity index (χ0) is 12.0. The summed E-state index contributed by atoms with van der Waals surface area (Å²) in [7, 11) is 0. The molecule has 0 heterocycles. The molecule has 0 saturated heterocycles. The van der Waals surface area contributed by atoms with Crippen LogP contribution in [-0.4, -0.2) is 25.5 Å². The van der Waals surface area contributed by atoms with Gasteiger partial charge >= 0.3 is 0 Å². The number of halogens is 2. The van der Waals surface area contributed by atoms with Gasteiger partial charge in [0.15, 0.2) is 6.54 Å². The smallest absolute Gasteiger partial charge is 0.279 e. The van der Waals surface area contributed by atoms with E-state index >= 15 is 0 Å². The second-order valence-electron chi connectivity index (χ2n) is 3.69. The first-order chi connectivity index (χ1) is 7.65. The predicted octanol–water partition coefficient (Wildman–Crippen LogP) is -1.79. The van der Waals surface area contributed by atoms with Gasteiger partial charge in [-0.15, -0.1) is 0 Å². The average molecular weight is 277 g/mol. The van der Waals surface area contributed by atoms with Gasteiger partial charge in [0.1, 0.15) is 0 Å². The fourth-order valence-corrected chi connectivity index (χ4v) is 1.69. The van der Waals surface area contributed by atoms with Crippen LogP contribution in [0.25, 0.3) is 0 Å². The first kappa shape index (κ1) is 16.2. The van der Waals surface area contributed by atoms with Gasteiger partial charge in [0, 0.05) is 10.7 Å². The quantitative estimate of drug-likeness (QED) is 0.655. The predicted molar refractivity (Wildman–Crippen MR) is 67.0 cm³/mol. The third-order valence-electron chi connectivity index (χ3n) is 2.52. The first-order valence-corrected chi connectivity index (χ1v) is 5.92. The number of rotatable bonds is 5. The van der Waals surface area contributed by atoms with Crippen molar-refractivity contribution in [2.45, 2.75) is 13.8 Å². The summed E-state index contributed by atoms with van der Waals surface area (Å²) in [5.74, 6) is 0.0287. The van der Waals surface area contributed by atoms with Crippen LogP contribution in [0.5, 0.6) is 0 Å². The number of benzene rings is 1. The molecule has 0 unspecified atom stereocenters. The van der Waals surface area contributed by atoms with Gasteiger partial charge in [0.05, 0.1) is 13.1 Å². The molecule has 5 heteroatoms. The lowest BCUT2D eigenvalue weighted by Gasteiger charge is -2.14. The van der Waals surface area contributed by atoms with Crippen molar-refractivity contribution in [3.63, 3.8) is 0 Å². The number of quaternary nitrogens is 1. The van der Waals surface area contributed by atoms with Crippen LogP contribution in [-0.2, 0) is 4.79 Å². The summed E-state index contributed by atoms with van der Waals surface area (Å²) in [6.45, 7) is 6.56. The molecule has 0 radical (unpaired) electrons. The van der Waals surface area contributed by atoms with Crippen molar-refractivity contribution < 1.29 is 22.1 Å². The monoisotopic (exact) mass is 276 g/mol. The highest BCUT2D eigenvalue weighted by Gasteiger charge is 2.10. The van der Waals surface area contributed by atoms with E-state index in [9.17, 15) is 4.79 Å². The van der Waals surface area contributed by atoms with Crippen molar-refractivity contribution in [3.8, 4) is 0 Å². The summed E-state index contributed by atoms with van der Waals surface area (Å²) in [6.07, 6.45) is 0. The molecule has 17 heavy (non-hydrogen) atoms. The molecule has 3 nitrogen and oxygen atoms in total. The van der Waals surface area contributed by atoms with E-state index in [0.717, 1.165) is 18.8 Å². The summed E-state index contributed by atoms with van der Waals surface area (Å²) in [4.78, 5) is 12.9. The van der Waals surface area contributed by atoms with Gasteiger partial charge in [-0.05, 0) is 32.0 Å². The molecular weight excluding hydrogens is 259 g/mol. The van der Waals surface area contributed by atoms with E-state index in [1.165, 1.54) is 4.90 Å². The standard InChI is InChI=1S/C12H17ClN2O.ClH/c1-3-15(4-2)9-12(16)14-11-7-5-6-10(13)8-11;/h5-8H,3-4,9H2,1-2H3,(H,14,16);1H. The molecule has 1 amide bonds. The molecule has 2 N–H and O–H groups in total. The average Bonchev–Trinajstić information content (AvgIpc) is 2.26. The first-order valence-electron chi connectivity index (χ1n) is 5.54. The molecule has 0 fully saturated rings. The molecule has 0 aliphatic heterocycles. The van der Waals surface area contributed by atoms with E-state index in [4.69, 9.17) is 11.6 Å². The Morgan fingerprint density at radius 2 is 2.00 bits per heavy atom. The van der Waals surface area contributed by atoms with Gasteiger partial charge < -0.3 is 22.6 Å². The second kappa shape index (κ2) is 8.34. The summed E-state index contributed by atoms with van der Waals surface area (Å²) >= 11 is 5.83. The van der Waals surface area contributed by atoms with Crippen LogP contribution >= 0.6 is 11.6 Å². The highest BCUT2D eigenvalue weighted by atomic mass is 35.5. The summed E-state index contributed by atoms with van der Waals surface area (Å²) in [5, 5.41) is 3.47. The van der Waals surface area contributed by atoms with Crippen molar-refractivity contribution in [1.82, 2.24) is 0 Å². The third kappa shape index (κ3) is 5.91. The highest BCUT2D eigenvalue weighted by molar-refractivity contribution is 6.30. The number of carbonyl (C=O) groups excluding carboxylic acids is 1. The number of amides is 1. The molecule has 96 valence electrons. The Morgan fingerprint density at radius 3 is 2.53 bits per heavy atom. The lowest BCUT2D eigenvalue weighted by molar-refractivity contribution is -0.888. The van der Waals surface area contributed by atoms with Crippen LogP contribution in [0.2, 0.25) is 5.02 Å². The van der Waals surface area contributed by atoms with E-state index in [2.05, 4.69) is 19.2 Å². The molecule has 0 saturated carbocycles. The number of nitrogens with one attached hydrogen (secondary N) is 2.